The summed E-state index contributed by atoms with van der Waals surface area (Å²) in [5.74, 6) is 2.34. The van der Waals surface area contributed by atoms with Crippen LogP contribution in [0.15, 0.2) is 22.9 Å². The molecule has 21 heavy (non-hydrogen) atoms. The Morgan fingerprint density at radius 2 is 2.05 bits per heavy atom. The first-order valence-electron chi connectivity index (χ1n) is 7.68. The van der Waals surface area contributed by atoms with Crippen molar-refractivity contribution in [1.29, 1.82) is 0 Å². The van der Waals surface area contributed by atoms with E-state index in [4.69, 9.17) is 4.52 Å². The first kappa shape index (κ1) is 12.8. The normalized spacial score (nSPS) is 22.1. The lowest BCUT2D eigenvalue weighted by molar-refractivity contribution is 0.273. The summed E-state index contributed by atoms with van der Waals surface area (Å²) in [6.07, 6.45) is 6.74. The molecule has 2 saturated heterocycles. The number of hydrogen-bond donors (Lipinski definition) is 1. The number of hydrogen-bond acceptors (Lipinski definition) is 6. The van der Waals surface area contributed by atoms with Crippen molar-refractivity contribution in [3.63, 3.8) is 0 Å². The maximum atomic E-state index is 5.31. The van der Waals surface area contributed by atoms with Crippen LogP contribution in [0.1, 0.15) is 37.6 Å². The molecule has 1 atom stereocenters. The first-order chi connectivity index (χ1) is 10.4. The van der Waals surface area contributed by atoms with Crippen LogP contribution in [0, 0.1) is 0 Å². The molecule has 0 aromatic carbocycles. The van der Waals surface area contributed by atoms with Crippen molar-refractivity contribution in [2.75, 3.05) is 24.5 Å². The fourth-order valence-electron chi connectivity index (χ4n) is 2.82. The van der Waals surface area contributed by atoms with Gasteiger partial charge in [0.05, 0.1) is 6.04 Å². The van der Waals surface area contributed by atoms with Crippen LogP contribution in [0.4, 0.5) is 5.82 Å². The van der Waals surface area contributed by atoms with Gasteiger partial charge >= 0.3 is 0 Å². The molecule has 0 amide bonds. The number of anilines is 1. The molecule has 0 unspecified atom stereocenters. The van der Waals surface area contributed by atoms with Crippen LogP contribution in [0.2, 0.25) is 0 Å². The van der Waals surface area contributed by atoms with E-state index in [1.165, 1.54) is 19.3 Å². The van der Waals surface area contributed by atoms with Gasteiger partial charge in [-0.25, -0.2) is 4.98 Å². The molecule has 6 nitrogen and oxygen atoms in total. The average Bonchev–Trinajstić information content (AvgIpc) is 2.96. The second-order valence-corrected chi connectivity index (χ2v) is 5.70. The van der Waals surface area contributed by atoms with E-state index < -0.39 is 0 Å². The van der Waals surface area contributed by atoms with Crippen molar-refractivity contribution in [1.82, 2.24) is 20.4 Å². The predicted molar refractivity (Wildman–Crippen MR) is 79.0 cm³/mol. The Balaban J connectivity index is 1.51. The molecule has 2 aliphatic heterocycles. The molecule has 1 N–H and O–H groups in total. The van der Waals surface area contributed by atoms with Crippen LogP contribution < -0.4 is 10.2 Å². The van der Waals surface area contributed by atoms with Gasteiger partial charge in [0.25, 0.3) is 0 Å². The molecule has 0 aliphatic carbocycles. The van der Waals surface area contributed by atoms with Crippen molar-refractivity contribution in [3.05, 3.63) is 24.2 Å². The first-order valence-corrected chi connectivity index (χ1v) is 7.68. The van der Waals surface area contributed by atoms with E-state index in [9.17, 15) is 0 Å². The number of pyridine rings is 1. The summed E-state index contributed by atoms with van der Waals surface area (Å²) in [7, 11) is 0. The van der Waals surface area contributed by atoms with Gasteiger partial charge in [-0.1, -0.05) is 5.16 Å². The Kier molecular flexibility index (Phi) is 3.31. The van der Waals surface area contributed by atoms with E-state index in [0.29, 0.717) is 11.7 Å². The Labute approximate surface area is 123 Å². The Bertz CT molecular complexity index is 599. The molecular weight excluding hydrogens is 266 g/mol. The maximum Gasteiger partial charge on any atom is 0.244 e. The van der Waals surface area contributed by atoms with Crippen LogP contribution in [0.3, 0.4) is 0 Å². The third-order valence-corrected chi connectivity index (χ3v) is 4.25. The Hall–Kier alpha value is -1.95. The SMILES string of the molecule is c1cc(N2CCCCC2)ncc1-c1noc([C@H]2CCN2)n1. The van der Waals surface area contributed by atoms with Gasteiger partial charge in [-0.05, 0) is 44.4 Å². The third kappa shape index (κ3) is 2.51. The van der Waals surface area contributed by atoms with Gasteiger partial charge in [-0.2, -0.15) is 4.98 Å². The summed E-state index contributed by atoms with van der Waals surface area (Å²) in [5, 5.41) is 7.31. The molecule has 0 bridgehead atoms. The number of nitrogens with one attached hydrogen (secondary N) is 1. The molecule has 6 heteroatoms. The third-order valence-electron chi connectivity index (χ3n) is 4.25. The molecule has 2 aromatic heterocycles. The summed E-state index contributed by atoms with van der Waals surface area (Å²) in [4.78, 5) is 11.3. The van der Waals surface area contributed by atoms with Gasteiger partial charge in [-0.15, -0.1) is 0 Å². The standard InChI is InChI=1S/C15H19N5O/c1-2-8-20(9-3-1)13-5-4-11(10-17-13)14-18-15(21-19-14)12-6-7-16-12/h4-5,10,12,16H,1-3,6-9H2/t12-/m1/s1. The predicted octanol–water partition coefficient (Wildman–Crippen LogP) is 2.16. The number of aromatic nitrogens is 3. The quantitative estimate of drug-likeness (QED) is 0.932. The van der Waals surface area contributed by atoms with Crippen molar-refractivity contribution < 1.29 is 4.52 Å². The van der Waals surface area contributed by atoms with E-state index in [1.54, 1.807) is 0 Å². The molecule has 4 heterocycles. The molecule has 2 aromatic rings. The van der Waals surface area contributed by atoms with Crippen LogP contribution in [0.5, 0.6) is 0 Å². The minimum Gasteiger partial charge on any atom is -0.357 e. The van der Waals surface area contributed by atoms with Crippen LogP contribution in [-0.2, 0) is 0 Å². The average molecular weight is 285 g/mol. The number of nitrogens with zero attached hydrogens (tertiary/aromatic N) is 4. The van der Waals surface area contributed by atoms with E-state index in [-0.39, 0.29) is 6.04 Å². The Morgan fingerprint density at radius 1 is 1.19 bits per heavy atom. The highest BCUT2D eigenvalue weighted by Crippen LogP contribution is 2.25. The maximum absolute atomic E-state index is 5.31. The van der Waals surface area contributed by atoms with Crippen molar-refractivity contribution in [3.8, 4) is 11.4 Å². The lowest BCUT2D eigenvalue weighted by Crippen LogP contribution is -2.35. The largest absolute Gasteiger partial charge is 0.357 e. The summed E-state index contributed by atoms with van der Waals surface area (Å²) in [6, 6.07) is 4.31. The highest BCUT2D eigenvalue weighted by Gasteiger charge is 2.25. The minimum absolute atomic E-state index is 0.229. The zero-order chi connectivity index (χ0) is 14.1. The van der Waals surface area contributed by atoms with Gasteiger partial charge in [0.2, 0.25) is 11.7 Å². The van der Waals surface area contributed by atoms with Crippen molar-refractivity contribution in [2.24, 2.45) is 0 Å². The molecule has 0 spiro atoms. The summed E-state index contributed by atoms with van der Waals surface area (Å²) < 4.78 is 5.31. The van der Waals surface area contributed by atoms with Crippen molar-refractivity contribution in [2.45, 2.75) is 31.7 Å². The van der Waals surface area contributed by atoms with Crippen LogP contribution >= 0.6 is 0 Å². The van der Waals surface area contributed by atoms with Gasteiger partial charge in [0.15, 0.2) is 0 Å². The zero-order valence-electron chi connectivity index (χ0n) is 12.0. The van der Waals surface area contributed by atoms with Gasteiger partial charge in [0, 0.05) is 24.8 Å². The highest BCUT2D eigenvalue weighted by atomic mass is 16.5. The van der Waals surface area contributed by atoms with Crippen LogP contribution in [-0.4, -0.2) is 34.8 Å². The topological polar surface area (TPSA) is 67.1 Å². The number of piperidine rings is 1. The zero-order valence-corrected chi connectivity index (χ0v) is 12.0. The molecule has 0 radical (unpaired) electrons. The molecule has 0 saturated carbocycles. The molecule has 110 valence electrons. The molecule has 2 aliphatic rings. The van der Waals surface area contributed by atoms with Crippen LogP contribution in [0.25, 0.3) is 11.4 Å². The van der Waals surface area contributed by atoms with Gasteiger partial charge in [0.1, 0.15) is 5.82 Å². The van der Waals surface area contributed by atoms with Gasteiger partial charge in [-0.3, -0.25) is 0 Å². The lowest BCUT2D eigenvalue weighted by atomic mass is 10.1. The molecule has 4 rings (SSSR count). The Morgan fingerprint density at radius 3 is 2.71 bits per heavy atom. The second-order valence-electron chi connectivity index (χ2n) is 5.70. The number of rotatable bonds is 3. The van der Waals surface area contributed by atoms with Crippen molar-refractivity contribution >= 4 is 5.82 Å². The smallest absolute Gasteiger partial charge is 0.244 e. The van der Waals surface area contributed by atoms with Gasteiger partial charge < -0.3 is 14.7 Å². The fraction of sp³-hybridized carbons (Fsp3) is 0.533. The van der Waals surface area contributed by atoms with E-state index in [0.717, 1.165) is 37.4 Å². The highest BCUT2D eigenvalue weighted by molar-refractivity contribution is 5.56. The summed E-state index contributed by atoms with van der Waals surface area (Å²) in [6.45, 7) is 3.23. The molecular formula is C15H19N5O. The summed E-state index contributed by atoms with van der Waals surface area (Å²) in [5.41, 5.74) is 0.907. The van der Waals surface area contributed by atoms with E-state index >= 15 is 0 Å². The monoisotopic (exact) mass is 285 g/mol. The minimum atomic E-state index is 0.229. The fourth-order valence-corrected chi connectivity index (χ4v) is 2.82. The van der Waals surface area contributed by atoms with E-state index in [1.807, 2.05) is 12.3 Å². The second kappa shape index (κ2) is 5.44. The summed E-state index contributed by atoms with van der Waals surface area (Å²) >= 11 is 0. The lowest BCUT2D eigenvalue weighted by Gasteiger charge is -2.27. The molecule has 2 fully saturated rings. The van der Waals surface area contributed by atoms with E-state index in [2.05, 4.69) is 31.4 Å².